The molecule has 0 spiro atoms. The third kappa shape index (κ3) is 2.46. The van der Waals surface area contributed by atoms with Gasteiger partial charge in [-0.25, -0.2) is 0 Å². The number of hydrogen-bond donors (Lipinski definition) is 2. The Morgan fingerprint density at radius 1 is 0.567 bits per heavy atom. The predicted molar refractivity (Wildman–Crippen MR) is 118 cm³/mol. The molecule has 0 atom stereocenters. The second-order valence-corrected chi connectivity index (χ2v) is 7.38. The van der Waals surface area contributed by atoms with Crippen molar-refractivity contribution in [3.63, 3.8) is 0 Å². The summed E-state index contributed by atoms with van der Waals surface area (Å²) < 4.78 is 0. The van der Waals surface area contributed by atoms with Crippen molar-refractivity contribution >= 4 is 43.1 Å². The molecule has 0 aromatic heterocycles. The molecule has 0 amide bonds. The summed E-state index contributed by atoms with van der Waals surface area (Å²) in [7, 11) is 0. The molecule has 0 aliphatic heterocycles. The van der Waals surface area contributed by atoms with E-state index in [9.17, 15) is 20.7 Å². The van der Waals surface area contributed by atoms with Crippen molar-refractivity contribution in [3.8, 4) is 12.1 Å². The summed E-state index contributed by atoms with van der Waals surface area (Å²) in [5.41, 5.74) is 2.38. The van der Waals surface area contributed by atoms with Crippen LogP contribution in [0.4, 0.5) is 0 Å². The first kappa shape index (κ1) is 18.1. The van der Waals surface area contributed by atoms with Crippen LogP contribution in [0, 0.1) is 22.7 Å². The lowest BCUT2D eigenvalue weighted by Crippen LogP contribution is -1.94. The molecular weight excluding hydrogens is 372 g/mol. The summed E-state index contributed by atoms with van der Waals surface area (Å²) in [6.45, 7) is -0.0865. The average molecular weight is 388 g/mol. The summed E-state index contributed by atoms with van der Waals surface area (Å²) in [6, 6.07) is 23.7. The fourth-order valence-corrected chi connectivity index (χ4v) is 4.41. The van der Waals surface area contributed by atoms with Gasteiger partial charge in [0.1, 0.15) is 12.1 Å². The molecule has 0 aliphatic carbocycles. The molecule has 2 N–H and O–H groups in total. The van der Waals surface area contributed by atoms with E-state index in [-0.39, 0.29) is 13.2 Å². The zero-order valence-corrected chi connectivity index (χ0v) is 16.0. The Hall–Kier alpha value is -3.96. The van der Waals surface area contributed by atoms with Crippen molar-refractivity contribution in [2.24, 2.45) is 0 Å². The molecule has 0 saturated carbocycles. The van der Waals surface area contributed by atoms with Gasteiger partial charge in [-0.2, -0.15) is 10.5 Å². The number of hydrogen-bond acceptors (Lipinski definition) is 4. The third-order valence-electron chi connectivity index (χ3n) is 5.80. The lowest BCUT2D eigenvalue weighted by molar-refractivity contribution is 0.282. The maximum Gasteiger partial charge on any atom is 0.101 e. The van der Waals surface area contributed by atoms with Crippen LogP contribution in [0.25, 0.3) is 43.1 Å². The molecule has 30 heavy (non-hydrogen) atoms. The highest BCUT2D eigenvalue weighted by molar-refractivity contribution is 6.29. The van der Waals surface area contributed by atoms with Crippen molar-refractivity contribution in [3.05, 3.63) is 82.9 Å². The summed E-state index contributed by atoms with van der Waals surface area (Å²) >= 11 is 0. The number of rotatable bonds is 2. The molecule has 5 aromatic carbocycles. The molecule has 0 saturated heterocycles. The topological polar surface area (TPSA) is 88.0 Å². The van der Waals surface area contributed by atoms with Crippen molar-refractivity contribution in [2.45, 2.75) is 13.2 Å². The second-order valence-electron chi connectivity index (χ2n) is 7.38. The number of nitrogens with zero attached hydrogens (tertiary/aromatic N) is 2. The summed E-state index contributed by atoms with van der Waals surface area (Å²) in [5.74, 6) is 0. The highest BCUT2D eigenvalue weighted by Crippen LogP contribution is 2.40. The maximum absolute atomic E-state index is 9.88. The van der Waals surface area contributed by atoms with E-state index in [1.165, 1.54) is 0 Å². The first-order valence-electron chi connectivity index (χ1n) is 9.58. The Morgan fingerprint density at radius 2 is 0.967 bits per heavy atom. The normalized spacial score (nSPS) is 11.2. The van der Waals surface area contributed by atoms with Gasteiger partial charge in [-0.3, -0.25) is 0 Å². The van der Waals surface area contributed by atoms with Crippen LogP contribution in [0.2, 0.25) is 0 Å². The van der Waals surface area contributed by atoms with Crippen molar-refractivity contribution in [1.29, 1.82) is 10.5 Å². The molecule has 4 heteroatoms. The molecule has 0 unspecified atom stereocenters. The Balaban J connectivity index is 2.12. The second kappa shape index (κ2) is 6.83. The van der Waals surface area contributed by atoms with Crippen molar-refractivity contribution in [1.82, 2.24) is 0 Å². The fraction of sp³-hybridized carbons (Fsp3) is 0.0769. The summed E-state index contributed by atoms with van der Waals surface area (Å²) in [4.78, 5) is 0. The summed E-state index contributed by atoms with van der Waals surface area (Å²) in [5, 5.41) is 46.0. The minimum absolute atomic E-state index is 0.0432. The number of benzene rings is 5. The smallest absolute Gasteiger partial charge is 0.101 e. The minimum Gasteiger partial charge on any atom is -0.392 e. The Labute approximate surface area is 172 Å². The van der Waals surface area contributed by atoms with E-state index in [1.807, 2.05) is 60.7 Å². The maximum atomic E-state index is 9.88. The lowest BCUT2D eigenvalue weighted by Gasteiger charge is -2.15. The molecule has 0 bridgehead atoms. The fourth-order valence-electron chi connectivity index (χ4n) is 4.41. The quantitative estimate of drug-likeness (QED) is 0.415. The van der Waals surface area contributed by atoms with Crippen LogP contribution < -0.4 is 0 Å². The number of aliphatic hydroxyl groups is 2. The average Bonchev–Trinajstić information content (AvgIpc) is 2.81. The molecule has 0 heterocycles. The van der Waals surface area contributed by atoms with Gasteiger partial charge in [-0.1, -0.05) is 48.5 Å². The Kier molecular flexibility index (Phi) is 4.12. The van der Waals surface area contributed by atoms with Gasteiger partial charge in [0.25, 0.3) is 0 Å². The van der Waals surface area contributed by atoms with Crippen LogP contribution >= 0.6 is 0 Å². The van der Waals surface area contributed by atoms with E-state index in [0.29, 0.717) is 11.1 Å². The first-order chi connectivity index (χ1) is 14.7. The van der Waals surface area contributed by atoms with Gasteiger partial charge in [-0.15, -0.1) is 0 Å². The highest BCUT2D eigenvalue weighted by Gasteiger charge is 2.18. The Morgan fingerprint density at radius 3 is 1.33 bits per heavy atom. The van der Waals surface area contributed by atoms with Gasteiger partial charge in [0.2, 0.25) is 0 Å². The van der Waals surface area contributed by atoms with Gasteiger partial charge < -0.3 is 10.2 Å². The molecule has 142 valence electrons. The predicted octanol–water partition coefficient (Wildman–Crippen LogP) is 5.03. The molecule has 5 aromatic rings. The molecule has 5 rings (SSSR count). The van der Waals surface area contributed by atoms with E-state index < -0.39 is 0 Å². The van der Waals surface area contributed by atoms with Gasteiger partial charge in [0, 0.05) is 10.8 Å². The van der Waals surface area contributed by atoms with Crippen LogP contribution in [-0.4, -0.2) is 10.2 Å². The van der Waals surface area contributed by atoms with Crippen LogP contribution in [0.15, 0.2) is 60.7 Å². The first-order valence-corrected chi connectivity index (χ1v) is 9.58. The lowest BCUT2D eigenvalue weighted by atomic mass is 9.87. The zero-order valence-electron chi connectivity index (χ0n) is 16.0. The van der Waals surface area contributed by atoms with Crippen LogP contribution in [0.3, 0.4) is 0 Å². The van der Waals surface area contributed by atoms with E-state index >= 15 is 0 Å². The van der Waals surface area contributed by atoms with E-state index in [4.69, 9.17) is 0 Å². The molecule has 0 aliphatic rings. The van der Waals surface area contributed by atoms with Crippen LogP contribution in [0.1, 0.15) is 22.3 Å². The van der Waals surface area contributed by atoms with Gasteiger partial charge >= 0.3 is 0 Å². The van der Waals surface area contributed by atoms with Crippen LogP contribution in [0.5, 0.6) is 0 Å². The van der Waals surface area contributed by atoms with E-state index in [1.54, 1.807) is 0 Å². The number of fused-ring (bicyclic) bond motifs is 7. The largest absolute Gasteiger partial charge is 0.392 e. The van der Waals surface area contributed by atoms with E-state index in [2.05, 4.69) is 12.1 Å². The molecule has 4 nitrogen and oxygen atoms in total. The monoisotopic (exact) mass is 388 g/mol. The summed E-state index contributed by atoms with van der Waals surface area (Å²) in [6.07, 6.45) is 0. The minimum atomic E-state index is -0.0432. The van der Waals surface area contributed by atoms with Gasteiger partial charge in [-0.05, 0) is 55.6 Å². The van der Waals surface area contributed by atoms with E-state index in [0.717, 1.165) is 54.2 Å². The van der Waals surface area contributed by atoms with Crippen molar-refractivity contribution in [2.75, 3.05) is 0 Å². The van der Waals surface area contributed by atoms with Crippen molar-refractivity contribution < 1.29 is 10.2 Å². The van der Waals surface area contributed by atoms with Crippen LogP contribution in [-0.2, 0) is 13.2 Å². The standard InChI is InChI=1S/C26H16N2O2/c27-11-23-21-7-3-17-9-15(13-29)1-5-19(17)25(21)26-20-6-2-16(14-30)10-18(20)4-8-22(26)24(23)12-28/h1-10,29-30H,13-14H2. The molecule has 0 radical (unpaired) electrons. The molecular formula is C26H16N2O2. The zero-order chi connectivity index (χ0) is 20.8. The SMILES string of the molecule is N#Cc1c(C#N)c2ccc3cc(CO)ccc3c2c2c1ccc1cc(CO)ccc12. The molecule has 0 fully saturated rings. The Bertz CT molecular complexity index is 1470. The third-order valence-corrected chi connectivity index (χ3v) is 5.80. The van der Waals surface area contributed by atoms with Gasteiger partial charge in [0.05, 0.1) is 24.3 Å². The van der Waals surface area contributed by atoms with Gasteiger partial charge in [0.15, 0.2) is 0 Å². The highest BCUT2D eigenvalue weighted by atomic mass is 16.3. The number of aliphatic hydroxyl groups excluding tert-OH is 2. The number of nitriles is 2.